The van der Waals surface area contributed by atoms with Crippen molar-refractivity contribution in [2.24, 2.45) is 0 Å². The van der Waals surface area contributed by atoms with Gasteiger partial charge in [0.1, 0.15) is 0 Å². The average molecular weight is 299 g/mol. The Bertz CT molecular complexity index is 491. The van der Waals surface area contributed by atoms with Gasteiger partial charge in [-0.1, -0.05) is 17.7 Å². The van der Waals surface area contributed by atoms with Crippen LogP contribution in [0.25, 0.3) is 0 Å². The van der Waals surface area contributed by atoms with E-state index in [0.29, 0.717) is 17.3 Å². The highest BCUT2D eigenvalue weighted by molar-refractivity contribution is 6.31. The van der Waals surface area contributed by atoms with Crippen molar-refractivity contribution in [3.63, 3.8) is 0 Å². The normalized spacial score (nSPS) is 10.4. The first-order chi connectivity index (χ1) is 9.42. The Balaban J connectivity index is 2.51. The first-order valence-corrected chi connectivity index (χ1v) is 6.70. The minimum absolute atomic E-state index is 0.0792. The molecule has 0 unspecified atom stereocenters. The molecular weight excluding hydrogens is 280 g/mol. The topological polar surface area (TPSA) is 58.6 Å². The lowest BCUT2D eigenvalue weighted by Gasteiger charge is -2.16. The molecule has 0 aromatic heterocycles. The Morgan fingerprint density at radius 1 is 1.35 bits per heavy atom. The maximum absolute atomic E-state index is 11.9. The molecule has 110 valence electrons. The molecule has 0 heterocycles. The van der Waals surface area contributed by atoms with Gasteiger partial charge in [0.2, 0.25) is 5.91 Å². The molecular formula is C14H19ClN2O3. The number of esters is 1. The molecule has 0 spiro atoms. The van der Waals surface area contributed by atoms with E-state index in [4.69, 9.17) is 16.3 Å². The number of hydrogen-bond acceptors (Lipinski definition) is 4. The summed E-state index contributed by atoms with van der Waals surface area (Å²) >= 11 is 5.89. The number of benzene rings is 1. The molecule has 0 aliphatic rings. The quantitative estimate of drug-likeness (QED) is 0.817. The number of ether oxygens (including phenoxy) is 1. The van der Waals surface area contributed by atoms with Crippen molar-refractivity contribution >= 4 is 29.2 Å². The van der Waals surface area contributed by atoms with Crippen LogP contribution in [0.4, 0.5) is 5.69 Å². The van der Waals surface area contributed by atoms with E-state index in [9.17, 15) is 9.59 Å². The summed E-state index contributed by atoms with van der Waals surface area (Å²) in [4.78, 5) is 24.7. The van der Waals surface area contributed by atoms with E-state index >= 15 is 0 Å². The monoisotopic (exact) mass is 298 g/mol. The number of amides is 1. The number of nitrogens with one attached hydrogen (secondary N) is 1. The van der Waals surface area contributed by atoms with Crippen LogP contribution in [0, 0.1) is 6.92 Å². The van der Waals surface area contributed by atoms with Crippen molar-refractivity contribution in [3.8, 4) is 0 Å². The Morgan fingerprint density at radius 3 is 2.70 bits per heavy atom. The van der Waals surface area contributed by atoms with Gasteiger partial charge < -0.3 is 10.1 Å². The SMILES string of the molecule is CCOC(=O)CN(C)CC(=O)Nc1cc(Cl)ccc1C. The van der Waals surface area contributed by atoms with Crippen LogP contribution < -0.4 is 5.32 Å². The first-order valence-electron chi connectivity index (χ1n) is 6.32. The van der Waals surface area contributed by atoms with Crippen LogP contribution in [0.2, 0.25) is 5.02 Å². The van der Waals surface area contributed by atoms with Gasteiger partial charge in [0.25, 0.3) is 0 Å². The van der Waals surface area contributed by atoms with Crippen LogP contribution >= 0.6 is 11.6 Å². The second-order valence-corrected chi connectivity index (χ2v) is 4.92. The standard InChI is InChI=1S/C14H19ClN2O3/c1-4-20-14(19)9-17(3)8-13(18)16-12-7-11(15)6-5-10(12)2/h5-7H,4,8-9H2,1-3H3,(H,16,18). The lowest BCUT2D eigenvalue weighted by molar-refractivity contribution is -0.144. The summed E-state index contributed by atoms with van der Waals surface area (Å²) < 4.78 is 4.82. The number of likely N-dealkylation sites (N-methyl/N-ethyl adjacent to an activating group) is 1. The van der Waals surface area contributed by atoms with Gasteiger partial charge in [0, 0.05) is 10.7 Å². The fraction of sp³-hybridized carbons (Fsp3) is 0.429. The van der Waals surface area contributed by atoms with E-state index in [1.54, 1.807) is 31.0 Å². The summed E-state index contributed by atoms with van der Waals surface area (Å²) in [5.74, 6) is -0.552. The molecule has 0 radical (unpaired) electrons. The van der Waals surface area contributed by atoms with E-state index in [-0.39, 0.29) is 25.0 Å². The summed E-state index contributed by atoms with van der Waals surface area (Å²) in [5, 5.41) is 3.33. The maximum Gasteiger partial charge on any atom is 0.320 e. The largest absolute Gasteiger partial charge is 0.465 e. The molecule has 0 saturated carbocycles. The molecule has 20 heavy (non-hydrogen) atoms. The predicted octanol–water partition coefficient (Wildman–Crippen LogP) is 2.08. The number of aryl methyl sites for hydroxylation is 1. The Kier molecular flexibility index (Phi) is 6.48. The van der Waals surface area contributed by atoms with Crippen molar-refractivity contribution < 1.29 is 14.3 Å². The lowest BCUT2D eigenvalue weighted by atomic mass is 10.2. The van der Waals surface area contributed by atoms with Gasteiger partial charge in [-0.3, -0.25) is 14.5 Å². The molecule has 1 N–H and O–H groups in total. The highest BCUT2D eigenvalue weighted by Gasteiger charge is 2.12. The molecule has 5 nitrogen and oxygen atoms in total. The fourth-order valence-corrected chi connectivity index (χ4v) is 1.82. The van der Waals surface area contributed by atoms with E-state index in [1.807, 2.05) is 13.0 Å². The minimum Gasteiger partial charge on any atom is -0.465 e. The lowest BCUT2D eigenvalue weighted by Crippen LogP contribution is -2.34. The second-order valence-electron chi connectivity index (χ2n) is 4.48. The highest BCUT2D eigenvalue weighted by atomic mass is 35.5. The van der Waals surface area contributed by atoms with Crippen LogP contribution in [0.15, 0.2) is 18.2 Å². The first kappa shape index (κ1) is 16.5. The number of anilines is 1. The zero-order valence-corrected chi connectivity index (χ0v) is 12.7. The van der Waals surface area contributed by atoms with Crippen LogP contribution in [0.5, 0.6) is 0 Å². The smallest absolute Gasteiger partial charge is 0.320 e. The number of halogens is 1. The molecule has 1 rings (SSSR count). The van der Waals surface area contributed by atoms with Crippen LogP contribution in [0.1, 0.15) is 12.5 Å². The van der Waals surface area contributed by atoms with Gasteiger partial charge in [-0.15, -0.1) is 0 Å². The summed E-state index contributed by atoms with van der Waals surface area (Å²) in [7, 11) is 1.68. The molecule has 0 fully saturated rings. The third-order valence-electron chi connectivity index (χ3n) is 2.59. The van der Waals surface area contributed by atoms with Crippen molar-refractivity contribution in [2.75, 3.05) is 32.1 Å². The van der Waals surface area contributed by atoms with Gasteiger partial charge in [-0.2, -0.15) is 0 Å². The molecule has 0 atom stereocenters. The molecule has 1 aromatic rings. The number of rotatable bonds is 6. The highest BCUT2D eigenvalue weighted by Crippen LogP contribution is 2.19. The minimum atomic E-state index is -0.346. The van der Waals surface area contributed by atoms with Crippen molar-refractivity contribution in [1.82, 2.24) is 4.90 Å². The van der Waals surface area contributed by atoms with Crippen molar-refractivity contribution in [2.45, 2.75) is 13.8 Å². The number of carbonyl (C=O) groups excluding carboxylic acids is 2. The molecule has 1 aromatic carbocycles. The molecule has 6 heteroatoms. The molecule has 0 saturated heterocycles. The van der Waals surface area contributed by atoms with Gasteiger partial charge in [0.05, 0.1) is 19.7 Å². The zero-order chi connectivity index (χ0) is 15.1. The van der Waals surface area contributed by atoms with Crippen LogP contribution in [0.3, 0.4) is 0 Å². The third kappa shape index (κ3) is 5.59. The number of nitrogens with zero attached hydrogens (tertiary/aromatic N) is 1. The summed E-state index contributed by atoms with van der Waals surface area (Å²) in [5.41, 5.74) is 1.60. The van der Waals surface area contributed by atoms with E-state index in [2.05, 4.69) is 5.32 Å². The van der Waals surface area contributed by atoms with Crippen molar-refractivity contribution in [3.05, 3.63) is 28.8 Å². The Morgan fingerprint density at radius 2 is 2.05 bits per heavy atom. The maximum atomic E-state index is 11.9. The number of hydrogen-bond donors (Lipinski definition) is 1. The summed E-state index contributed by atoms with van der Waals surface area (Å²) in [6, 6.07) is 5.29. The number of carbonyl (C=O) groups is 2. The Hall–Kier alpha value is -1.59. The summed E-state index contributed by atoms with van der Waals surface area (Å²) in [6.07, 6.45) is 0. The average Bonchev–Trinajstić information content (AvgIpc) is 2.33. The third-order valence-corrected chi connectivity index (χ3v) is 2.83. The molecule has 0 aliphatic heterocycles. The van der Waals surface area contributed by atoms with Gasteiger partial charge >= 0.3 is 5.97 Å². The predicted molar refractivity (Wildman–Crippen MR) is 78.9 cm³/mol. The fourth-order valence-electron chi connectivity index (χ4n) is 1.65. The molecule has 0 bridgehead atoms. The molecule has 1 amide bonds. The van der Waals surface area contributed by atoms with Crippen LogP contribution in [-0.2, 0) is 14.3 Å². The van der Waals surface area contributed by atoms with E-state index < -0.39 is 0 Å². The van der Waals surface area contributed by atoms with Gasteiger partial charge in [-0.05, 0) is 38.6 Å². The van der Waals surface area contributed by atoms with Gasteiger partial charge in [-0.25, -0.2) is 0 Å². The van der Waals surface area contributed by atoms with Crippen LogP contribution in [-0.4, -0.2) is 43.5 Å². The van der Waals surface area contributed by atoms with E-state index in [0.717, 1.165) is 5.56 Å². The Labute approximate surface area is 123 Å². The zero-order valence-electron chi connectivity index (χ0n) is 11.9. The van der Waals surface area contributed by atoms with Gasteiger partial charge in [0.15, 0.2) is 0 Å². The molecule has 0 aliphatic carbocycles. The second kappa shape index (κ2) is 7.87. The van der Waals surface area contributed by atoms with E-state index in [1.165, 1.54) is 0 Å². The van der Waals surface area contributed by atoms with Crippen molar-refractivity contribution in [1.29, 1.82) is 0 Å². The summed E-state index contributed by atoms with van der Waals surface area (Å²) in [6.45, 7) is 4.14.